The van der Waals surface area contributed by atoms with Crippen molar-refractivity contribution < 1.29 is 38.8 Å². The molecule has 1 aromatic carbocycles. The predicted molar refractivity (Wildman–Crippen MR) is 151 cm³/mol. The third-order valence-electron chi connectivity index (χ3n) is 7.95. The molecule has 1 saturated carbocycles. The van der Waals surface area contributed by atoms with E-state index in [-0.39, 0.29) is 18.8 Å². The number of anilines is 1. The number of aliphatic carboxylic acids is 1. The van der Waals surface area contributed by atoms with E-state index in [0.717, 1.165) is 10.5 Å². The zero-order valence-corrected chi connectivity index (χ0v) is 24.3. The number of nitrogens with zero attached hydrogens (tertiary/aromatic N) is 3. The van der Waals surface area contributed by atoms with Gasteiger partial charge in [-0.15, -0.1) is 11.3 Å². The van der Waals surface area contributed by atoms with Gasteiger partial charge in [-0.05, 0) is 58.1 Å². The summed E-state index contributed by atoms with van der Waals surface area (Å²) in [4.78, 5) is 33.9. The number of carbonyl (C=O) groups excluding carboxylic acids is 1. The number of thiophene rings is 1. The zero-order valence-electron chi connectivity index (χ0n) is 23.4. The lowest BCUT2D eigenvalue weighted by Gasteiger charge is -2.46. The smallest absolute Gasteiger partial charge is 0.329 e. The lowest BCUT2D eigenvalue weighted by atomic mass is 9.94. The molecule has 1 fully saturated rings. The molecule has 3 aromatic rings. The topological polar surface area (TPSA) is 146 Å². The third kappa shape index (κ3) is 5.32. The molecular weight excluding hydrogens is 550 g/mol. The van der Waals surface area contributed by atoms with E-state index in [1.165, 1.54) is 42.5 Å². The highest BCUT2D eigenvalue weighted by Crippen LogP contribution is 2.50. The van der Waals surface area contributed by atoms with E-state index in [0.29, 0.717) is 58.3 Å². The summed E-state index contributed by atoms with van der Waals surface area (Å²) in [7, 11) is 1.57. The molecule has 1 aliphatic carbocycles. The number of urea groups is 1. The standard InChI is InChI=1S/C29H35N3O8S/c1-16-22-25(34)32(29(2,3)27(35)36)28(37)31(26(22)41-23(16)24-30-13-14-39-24)15-21(19-7-5-6-8-20(19)38-4)40-18-11-9-17(33)10-12-18/h5-8,13-14,17-18,21,25,33-34H,9-12,15H2,1-4H3,(H,35,36)/t17?,18?,21-,25?/m0/s1. The van der Waals surface area contributed by atoms with E-state index in [2.05, 4.69) is 4.98 Å². The fourth-order valence-electron chi connectivity index (χ4n) is 5.54. The minimum atomic E-state index is -1.73. The van der Waals surface area contributed by atoms with Crippen LogP contribution in [0.3, 0.4) is 0 Å². The molecule has 12 heteroatoms. The van der Waals surface area contributed by atoms with Crippen molar-refractivity contribution >= 4 is 28.3 Å². The van der Waals surface area contributed by atoms with Gasteiger partial charge in [0.1, 0.15) is 28.7 Å². The number of oxazole rings is 1. The Kier molecular flexibility index (Phi) is 8.11. The number of carboxylic acid groups (broad SMARTS) is 1. The summed E-state index contributed by atoms with van der Waals surface area (Å²) in [6, 6.07) is 6.74. The van der Waals surface area contributed by atoms with E-state index in [9.17, 15) is 24.9 Å². The number of hydrogen-bond acceptors (Lipinski definition) is 9. The summed E-state index contributed by atoms with van der Waals surface area (Å²) < 4.78 is 17.8. The van der Waals surface area contributed by atoms with E-state index in [4.69, 9.17) is 13.9 Å². The van der Waals surface area contributed by atoms with Crippen LogP contribution >= 0.6 is 11.3 Å². The Bertz CT molecular complexity index is 1400. The van der Waals surface area contributed by atoms with Crippen molar-refractivity contribution in [3.63, 3.8) is 0 Å². The highest BCUT2D eigenvalue weighted by atomic mass is 32.1. The fraction of sp³-hybridized carbons (Fsp3) is 0.483. The number of ether oxygens (including phenoxy) is 2. The van der Waals surface area contributed by atoms with Gasteiger partial charge in [0.05, 0.1) is 36.9 Å². The van der Waals surface area contributed by atoms with E-state index < -0.39 is 29.9 Å². The number of carbonyl (C=O) groups is 2. The average Bonchev–Trinajstić information content (AvgIpc) is 3.59. The number of aromatic nitrogens is 1. The van der Waals surface area contributed by atoms with Crippen molar-refractivity contribution in [1.29, 1.82) is 0 Å². The van der Waals surface area contributed by atoms with Gasteiger partial charge in [0.15, 0.2) is 6.23 Å². The van der Waals surface area contributed by atoms with Crippen LogP contribution in [0.5, 0.6) is 5.75 Å². The maximum absolute atomic E-state index is 14.2. The van der Waals surface area contributed by atoms with Gasteiger partial charge in [-0.25, -0.2) is 14.6 Å². The quantitative estimate of drug-likeness (QED) is 0.320. The molecule has 220 valence electrons. The SMILES string of the molecule is COc1ccccc1[C@H](CN1C(=O)N(C(C)(C)C(=O)O)C(O)c2c1sc(-c1ncco1)c2C)OC1CCC(O)CC1. The highest BCUT2D eigenvalue weighted by molar-refractivity contribution is 7.20. The maximum atomic E-state index is 14.2. The monoisotopic (exact) mass is 585 g/mol. The van der Waals surface area contributed by atoms with Gasteiger partial charge in [-0.1, -0.05) is 18.2 Å². The van der Waals surface area contributed by atoms with Crippen molar-refractivity contribution in [1.82, 2.24) is 9.88 Å². The largest absolute Gasteiger partial charge is 0.496 e. The number of aliphatic hydroxyl groups excluding tert-OH is 2. The molecule has 2 atom stereocenters. The van der Waals surface area contributed by atoms with Crippen LogP contribution < -0.4 is 9.64 Å². The van der Waals surface area contributed by atoms with Gasteiger partial charge in [0.25, 0.3) is 0 Å². The van der Waals surface area contributed by atoms with E-state index in [1.54, 1.807) is 14.0 Å². The second-order valence-electron chi connectivity index (χ2n) is 10.9. The molecular formula is C29H35N3O8S. The van der Waals surface area contributed by atoms with Crippen LogP contribution in [0.4, 0.5) is 9.80 Å². The molecule has 41 heavy (non-hydrogen) atoms. The first-order valence-electron chi connectivity index (χ1n) is 13.6. The summed E-state index contributed by atoms with van der Waals surface area (Å²) in [5.74, 6) is -0.333. The van der Waals surface area contributed by atoms with Gasteiger partial charge < -0.3 is 29.2 Å². The van der Waals surface area contributed by atoms with Crippen molar-refractivity contribution in [2.24, 2.45) is 0 Å². The van der Waals surface area contributed by atoms with E-state index >= 15 is 0 Å². The van der Waals surface area contributed by atoms with Crippen LogP contribution in [0.25, 0.3) is 10.8 Å². The molecule has 0 radical (unpaired) electrons. The van der Waals surface area contributed by atoms with Crippen molar-refractivity contribution in [3.05, 3.63) is 53.4 Å². The zero-order chi connectivity index (χ0) is 29.5. The Morgan fingerprint density at radius 2 is 1.93 bits per heavy atom. The number of amides is 2. The Hall–Kier alpha value is -3.45. The second-order valence-corrected chi connectivity index (χ2v) is 11.9. The lowest BCUT2D eigenvalue weighted by molar-refractivity contribution is -0.153. The third-order valence-corrected chi connectivity index (χ3v) is 9.26. The van der Waals surface area contributed by atoms with Gasteiger partial charge >= 0.3 is 12.0 Å². The van der Waals surface area contributed by atoms with Crippen LogP contribution in [-0.4, -0.2) is 68.6 Å². The number of hydrogen-bond donors (Lipinski definition) is 3. The molecule has 3 heterocycles. The minimum Gasteiger partial charge on any atom is -0.496 e. The first kappa shape index (κ1) is 29.1. The first-order chi connectivity index (χ1) is 19.5. The number of para-hydroxylation sites is 1. The van der Waals surface area contributed by atoms with Crippen LogP contribution in [0.2, 0.25) is 0 Å². The molecule has 3 N–H and O–H groups in total. The molecule has 0 spiro atoms. The molecule has 2 aliphatic rings. The number of fused-ring (bicyclic) bond motifs is 1. The van der Waals surface area contributed by atoms with E-state index in [1.807, 2.05) is 24.3 Å². The van der Waals surface area contributed by atoms with Gasteiger partial charge in [-0.3, -0.25) is 9.80 Å². The second kappa shape index (κ2) is 11.4. The molecule has 5 rings (SSSR count). The summed E-state index contributed by atoms with van der Waals surface area (Å²) in [6.07, 6.45) is 2.84. The summed E-state index contributed by atoms with van der Waals surface area (Å²) in [5, 5.41) is 32.0. The molecule has 2 amide bonds. The summed E-state index contributed by atoms with van der Waals surface area (Å²) in [6.45, 7) is 4.59. The Morgan fingerprint density at radius 3 is 2.56 bits per heavy atom. The lowest BCUT2D eigenvalue weighted by Crippen LogP contribution is -2.61. The Labute approximate surface area is 241 Å². The van der Waals surface area contributed by atoms with Crippen LogP contribution in [0.1, 0.15) is 68.6 Å². The van der Waals surface area contributed by atoms with Gasteiger partial charge in [-0.2, -0.15) is 0 Å². The number of rotatable bonds is 9. The number of carboxylic acids is 1. The number of aliphatic hydroxyl groups is 2. The van der Waals surface area contributed by atoms with Crippen molar-refractivity contribution in [2.45, 2.75) is 76.5 Å². The molecule has 0 bridgehead atoms. The van der Waals surface area contributed by atoms with Crippen molar-refractivity contribution in [2.75, 3.05) is 18.6 Å². The van der Waals surface area contributed by atoms with Crippen LogP contribution in [-0.2, 0) is 9.53 Å². The maximum Gasteiger partial charge on any atom is 0.329 e. The van der Waals surface area contributed by atoms with Gasteiger partial charge in [0.2, 0.25) is 5.89 Å². The first-order valence-corrected chi connectivity index (χ1v) is 14.4. The Morgan fingerprint density at radius 1 is 1.22 bits per heavy atom. The molecule has 2 aromatic heterocycles. The highest BCUT2D eigenvalue weighted by Gasteiger charge is 2.50. The Balaban J connectivity index is 1.62. The summed E-state index contributed by atoms with van der Waals surface area (Å²) >= 11 is 1.24. The fourth-order valence-corrected chi connectivity index (χ4v) is 6.82. The molecule has 0 saturated heterocycles. The number of methoxy groups -OCH3 is 1. The average molecular weight is 586 g/mol. The number of benzene rings is 1. The van der Waals surface area contributed by atoms with Gasteiger partial charge in [0, 0.05) is 11.1 Å². The normalized spacial score (nSPS) is 22.0. The summed E-state index contributed by atoms with van der Waals surface area (Å²) in [5.41, 5.74) is 0.0488. The van der Waals surface area contributed by atoms with Crippen LogP contribution in [0.15, 0.2) is 41.1 Å². The molecule has 11 nitrogen and oxygen atoms in total. The van der Waals surface area contributed by atoms with Crippen LogP contribution in [0, 0.1) is 6.92 Å². The minimum absolute atomic E-state index is 0.0230. The van der Waals surface area contributed by atoms with Crippen molar-refractivity contribution in [3.8, 4) is 16.5 Å². The molecule has 1 aliphatic heterocycles. The predicted octanol–water partition coefficient (Wildman–Crippen LogP) is 4.88. The molecule has 1 unspecified atom stereocenters.